The van der Waals surface area contributed by atoms with E-state index in [0.29, 0.717) is 17.9 Å². The van der Waals surface area contributed by atoms with E-state index >= 15 is 0 Å². The number of aliphatic hydroxyl groups excluding tert-OH is 1. The van der Waals surface area contributed by atoms with Crippen LogP contribution < -0.4 is 15.2 Å². The molecular weight excluding hydrogens is 206 g/mol. The molecule has 2 atom stereocenters. The van der Waals surface area contributed by atoms with Crippen LogP contribution in [0, 0.1) is 0 Å². The average molecular weight is 225 g/mol. The van der Waals surface area contributed by atoms with Crippen molar-refractivity contribution < 1.29 is 14.6 Å². The Hall–Kier alpha value is -1.26. The van der Waals surface area contributed by atoms with Crippen LogP contribution in [-0.4, -0.2) is 31.5 Å². The van der Waals surface area contributed by atoms with Crippen molar-refractivity contribution >= 4 is 0 Å². The minimum Gasteiger partial charge on any atom is -0.497 e. The number of ether oxygens (including phenoxy) is 2. The minimum absolute atomic E-state index is 0.253. The summed E-state index contributed by atoms with van der Waals surface area (Å²) >= 11 is 0. The molecule has 2 unspecified atom stereocenters. The van der Waals surface area contributed by atoms with Crippen LogP contribution in [0.3, 0.4) is 0 Å². The van der Waals surface area contributed by atoms with Gasteiger partial charge in [-0.15, -0.1) is 0 Å². The highest BCUT2D eigenvalue weighted by molar-refractivity contribution is 5.38. The van der Waals surface area contributed by atoms with Crippen molar-refractivity contribution in [1.82, 2.24) is 0 Å². The molecule has 0 saturated heterocycles. The van der Waals surface area contributed by atoms with E-state index in [2.05, 4.69) is 0 Å². The highest BCUT2D eigenvalue weighted by atomic mass is 16.5. The second kappa shape index (κ2) is 5.72. The zero-order chi connectivity index (χ0) is 12.1. The molecule has 0 fully saturated rings. The van der Waals surface area contributed by atoms with E-state index in [1.165, 1.54) is 0 Å². The second-order valence-corrected chi connectivity index (χ2v) is 3.85. The summed E-state index contributed by atoms with van der Waals surface area (Å²) in [6.07, 6.45) is -0.0672. The number of methoxy groups -OCH3 is 2. The molecule has 0 amide bonds. The maximum Gasteiger partial charge on any atom is 0.122 e. The molecule has 1 aromatic rings. The van der Waals surface area contributed by atoms with Gasteiger partial charge < -0.3 is 20.3 Å². The Morgan fingerprint density at radius 2 is 1.69 bits per heavy atom. The van der Waals surface area contributed by atoms with E-state index in [9.17, 15) is 5.11 Å². The van der Waals surface area contributed by atoms with Crippen molar-refractivity contribution in [1.29, 1.82) is 0 Å². The van der Waals surface area contributed by atoms with Gasteiger partial charge in [0.05, 0.1) is 20.3 Å². The summed E-state index contributed by atoms with van der Waals surface area (Å²) in [5.74, 6) is 1.43. The summed E-state index contributed by atoms with van der Waals surface area (Å²) < 4.78 is 10.3. The van der Waals surface area contributed by atoms with E-state index < -0.39 is 6.10 Å². The molecule has 4 nitrogen and oxygen atoms in total. The molecular formula is C12H19NO3. The summed E-state index contributed by atoms with van der Waals surface area (Å²) in [5.41, 5.74) is 6.56. The van der Waals surface area contributed by atoms with Crippen LogP contribution in [0.2, 0.25) is 0 Å². The molecule has 3 N–H and O–H groups in total. The van der Waals surface area contributed by atoms with Gasteiger partial charge in [-0.1, -0.05) is 0 Å². The van der Waals surface area contributed by atoms with Crippen LogP contribution in [-0.2, 0) is 6.42 Å². The van der Waals surface area contributed by atoms with Crippen molar-refractivity contribution in [3.05, 3.63) is 23.8 Å². The lowest BCUT2D eigenvalue weighted by Crippen LogP contribution is -2.33. The van der Waals surface area contributed by atoms with Crippen LogP contribution in [0.5, 0.6) is 11.5 Å². The topological polar surface area (TPSA) is 64.7 Å². The smallest absolute Gasteiger partial charge is 0.122 e. The summed E-state index contributed by atoms with van der Waals surface area (Å²) in [4.78, 5) is 0. The lowest BCUT2D eigenvalue weighted by Gasteiger charge is -2.15. The van der Waals surface area contributed by atoms with Gasteiger partial charge in [-0.25, -0.2) is 0 Å². The highest BCUT2D eigenvalue weighted by Crippen LogP contribution is 2.23. The average Bonchev–Trinajstić information content (AvgIpc) is 2.28. The summed E-state index contributed by atoms with van der Waals surface area (Å²) in [5, 5.41) is 9.70. The Morgan fingerprint density at radius 1 is 1.19 bits per heavy atom. The first-order valence-electron chi connectivity index (χ1n) is 5.22. The number of benzene rings is 1. The fourth-order valence-corrected chi connectivity index (χ4v) is 1.41. The molecule has 16 heavy (non-hydrogen) atoms. The maximum atomic E-state index is 9.70. The fourth-order valence-electron chi connectivity index (χ4n) is 1.41. The van der Waals surface area contributed by atoms with Crippen molar-refractivity contribution in [3.8, 4) is 11.5 Å². The molecule has 0 bridgehead atoms. The minimum atomic E-state index is -0.559. The first-order valence-corrected chi connectivity index (χ1v) is 5.22. The molecule has 90 valence electrons. The Labute approximate surface area is 96.0 Å². The molecule has 0 heterocycles. The first-order chi connectivity index (χ1) is 7.56. The van der Waals surface area contributed by atoms with E-state index in [4.69, 9.17) is 15.2 Å². The SMILES string of the molecule is COc1cc(CC(O)C(C)N)cc(OC)c1. The zero-order valence-corrected chi connectivity index (χ0v) is 9.93. The number of nitrogens with two attached hydrogens (primary N) is 1. The summed E-state index contributed by atoms with van der Waals surface area (Å²) in [6.45, 7) is 1.78. The van der Waals surface area contributed by atoms with Crippen LogP contribution in [0.25, 0.3) is 0 Å². The number of hydrogen-bond donors (Lipinski definition) is 2. The monoisotopic (exact) mass is 225 g/mol. The van der Waals surface area contributed by atoms with Crippen LogP contribution in [0.15, 0.2) is 18.2 Å². The largest absolute Gasteiger partial charge is 0.497 e. The van der Waals surface area contributed by atoms with Crippen molar-refractivity contribution in [2.75, 3.05) is 14.2 Å². The van der Waals surface area contributed by atoms with Gasteiger partial charge >= 0.3 is 0 Å². The molecule has 0 aliphatic heterocycles. The van der Waals surface area contributed by atoms with E-state index in [1.807, 2.05) is 12.1 Å². The summed E-state index contributed by atoms with van der Waals surface area (Å²) in [6, 6.07) is 5.28. The quantitative estimate of drug-likeness (QED) is 0.783. The van der Waals surface area contributed by atoms with E-state index in [-0.39, 0.29) is 6.04 Å². The Bertz CT molecular complexity index is 317. The number of hydrogen-bond acceptors (Lipinski definition) is 4. The van der Waals surface area contributed by atoms with Gasteiger partial charge in [-0.2, -0.15) is 0 Å². The third-order valence-corrected chi connectivity index (χ3v) is 2.46. The normalized spacial score (nSPS) is 14.3. The van der Waals surface area contributed by atoms with Crippen LogP contribution >= 0.6 is 0 Å². The predicted molar refractivity (Wildman–Crippen MR) is 62.9 cm³/mol. The third-order valence-electron chi connectivity index (χ3n) is 2.46. The molecule has 0 radical (unpaired) electrons. The predicted octanol–water partition coefficient (Wildman–Crippen LogP) is 0.954. The zero-order valence-electron chi connectivity index (χ0n) is 9.93. The van der Waals surface area contributed by atoms with Crippen molar-refractivity contribution in [2.45, 2.75) is 25.5 Å². The third kappa shape index (κ3) is 3.40. The highest BCUT2D eigenvalue weighted by Gasteiger charge is 2.12. The molecule has 0 aliphatic carbocycles. The molecule has 0 aliphatic rings. The molecule has 4 heteroatoms. The van der Waals surface area contributed by atoms with Gasteiger partial charge in [0.15, 0.2) is 0 Å². The van der Waals surface area contributed by atoms with Crippen LogP contribution in [0.4, 0.5) is 0 Å². The van der Waals surface area contributed by atoms with Gasteiger partial charge in [-0.3, -0.25) is 0 Å². The summed E-state index contributed by atoms with van der Waals surface area (Å²) in [7, 11) is 3.20. The fraction of sp³-hybridized carbons (Fsp3) is 0.500. The molecule has 0 spiro atoms. The van der Waals surface area contributed by atoms with Gasteiger partial charge in [0.2, 0.25) is 0 Å². The van der Waals surface area contributed by atoms with Crippen LogP contribution in [0.1, 0.15) is 12.5 Å². The Morgan fingerprint density at radius 3 is 2.06 bits per heavy atom. The number of rotatable bonds is 5. The second-order valence-electron chi connectivity index (χ2n) is 3.85. The van der Waals surface area contributed by atoms with Gasteiger partial charge in [0.25, 0.3) is 0 Å². The number of aliphatic hydroxyl groups is 1. The van der Waals surface area contributed by atoms with Gasteiger partial charge in [0, 0.05) is 18.5 Å². The molecule has 0 saturated carbocycles. The van der Waals surface area contributed by atoms with Crippen molar-refractivity contribution in [3.63, 3.8) is 0 Å². The maximum absolute atomic E-state index is 9.70. The van der Waals surface area contributed by atoms with Gasteiger partial charge in [-0.05, 0) is 24.6 Å². The lowest BCUT2D eigenvalue weighted by molar-refractivity contribution is 0.151. The standard InChI is InChI=1S/C12H19NO3/c1-8(13)12(14)6-9-4-10(15-2)7-11(5-9)16-3/h4-5,7-8,12,14H,6,13H2,1-3H3. The molecule has 1 aromatic carbocycles. The molecule has 1 rings (SSSR count). The van der Waals surface area contributed by atoms with E-state index in [0.717, 1.165) is 5.56 Å². The first kappa shape index (κ1) is 12.8. The Balaban J connectivity index is 2.86. The lowest BCUT2D eigenvalue weighted by atomic mass is 10.0. The molecule has 0 aromatic heterocycles. The van der Waals surface area contributed by atoms with Gasteiger partial charge in [0.1, 0.15) is 11.5 Å². The van der Waals surface area contributed by atoms with Crippen molar-refractivity contribution in [2.24, 2.45) is 5.73 Å². The Kier molecular flexibility index (Phi) is 4.58. The van der Waals surface area contributed by atoms with E-state index in [1.54, 1.807) is 27.2 Å².